The molecule has 0 amide bonds. The highest BCUT2D eigenvalue weighted by molar-refractivity contribution is 7.17. The lowest BCUT2D eigenvalue weighted by Crippen LogP contribution is -2.08. The molecule has 0 fully saturated rings. The molecule has 0 unspecified atom stereocenters. The van der Waals surface area contributed by atoms with E-state index in [1.807, 2.05) is 0 Å². The van der Waals surface area contributed by atoms with Crippen molar-refractivity contribution in [3.63, 3.8) is 0 Å². The van der Waals surface area contributed by atoms with Gasteiger partial charge >= 0.3 is 5.97 Å². The molecule has 1 aromatic carbocycles. The number of rotatable bonds is 9. The number of methoxy groups -OCH3 is 1. The molecule has 0 radical (unpaired) electrons. The number of carboxylic acid groups (broad SMARTS) is 1. The summed E-state index contributed by atoms with van der Waals surface area (Å²) in [6.07, 6.45) is 1.73. The van der Waals surface area contributed by atoms with Crippen LogP contribution in [0.15, 0.2) is 30.6 Å². The lowest BCUT2D eigenvalue weighted by atomic mass is 10.1. The molecular formula is C20H19F2N3O4S. The average molecular weight is 435 g/mol. The van der Waals surface area contributed by atoms with Gasteiger partial charge in [-0.3, -0.25) is 0 Å². The molecule has 158 valence electrons. The number of nitrogens with zero attached hydrogens (tertiary/aromatic N) is 2. The van der Waals surface area contributed by atoms with E-state index in [4.69, 9.17) is 9.47 Å². The molecule has 3 aromatic rings. The third-order valence-electron chi connectivity index (χ3n) is 4.14. The molecule has 2 N–H and O–H groups in total. The fourth-order valence-corrected chi connectivity index (χ4v) is 3.69. The normalized spacial score (nSPS) is 10.7. The molecule has 10 heteroatoms. The van der Waals surface area contributed by atoms with E-state index >= 15 is 0 Å². The van der Waals surface area contributed by atoms with E-state index in [9.17, 15) is 18.7 Å². The van der Waals surface area contributed by atoms with E-state index in [0.717, 1.165) is 23.5 Å². The van der Waals surface area contributed by atoms with Crippen LogP contribution in [0.5, 0.6) is 11.5 Å². The summed E-state index contributed by atoms with van der Waals surface area (Å²) in [6.45, 7) is 2.50. The van der Waals surface area contributed by atoms with Crippen LogP contribution in [0.1, 0.15) is 22.2 Å². The number of carbonyl (C=O) groups is 1. The molecule has 0 saturated carbocycles. The van der Waals surface area contributed by atoms with Gasteiger partial charge < -0.3 is 19.9 Å². The van der Waals surface area contributed by atoms with Gasteiger partial charge in [-0.1, -0.05) is 0 Å². The molecule has 0 atom stereocenters. The zero-order valence-corrected chi connectivity index (χ0v) is 17.1. The monoisotopic (exact) mass is 435 g/mol. The van der Waals surface area contributed by atoms with Gasteiger partial charge in [-0.2, -0.15) is 0 Å². The maximum Gasteiger partial charge on any atom is 0.349 e. The first-order valence-corrected chi connectivity index (χ1v) is 9.82. The van der Waals surface area contributed by atoms with Gasteiger partial charge in [-0.25, -0.2) is 23.5 Å². The summed E-state index contributed by atoms with van der Waals surface area (Å²) < 4.78 is 37.3. The van der Waals surface area contributed by atoms with Crippen LogP contribution in [0.3, 0.4) is 0 Å². The van der Waals surface area contributed by atoms with Crippen LogP contribution in [0.25, 0.3) is 10.6 Å². The van der Waals surface area contributed by atoms with Gasteiger partial charge in [0.05, 0.1) is 24.3 Å². The molecule has 0 bridgehead atoms. The Balaban J connectivity index is 1.73. The molecule has 3 rings (SSSR count). The number of thiophene rings is 1. The highest BCUT2D eigenvalue weighted by atomic mass is 32.1. The summed E-state index contributed by atoms with van der Waals surface area (Å²) in [5, 5.41) is 12.4. The average Bonchev–Trinajstić information content (AvgIpc) is 3.15. The fraction of sp³-hybridized carbons (Fsp3) is 0.250. The Morgan fingerprint density at radius 1 is 1.17 bits per heavy atom. The standard InChI is InChI=1S/C20H19F2N3O4S/c1-3-29-16-9-17(30-19(16)20(26)27)14-8-18(25-10-24-14)23-5-4-11-6-12(21)13(22)7-15(11)28-2/h6-10H,3-5H2,1-2H3,(H,26,27)(H,23,24,25). The van der Waals surface area contributed by atoms with Crippen LogP contribution in [-0.4, -0.2) is 41.3 Å². The maximum atomic E-state index is 13.5. The van der Waals surface area contributed by atoms with Crippen LogP contribution in [0.2, 0.25) is 0 Å². The fourth-order valence-electron chi connectivity index (χ4n) is 2.78. The highest BCUT2D eigenvalue weighted by Crippen LogP contribution is 2.36. The quantitative estimate of drug-likeness (QED) is 0.519. The van der Waals surface area contributed by atoms with Gasteiger partial charge in [0.15, 0.2) is 16.5 Å². The second-order valence-electron chi connectivity index (χ2n) is 6.09. The zero-order chi connectivity index (χ0) is 21.7. The van der Waals surface area contributed by atoms with E-state index < -0.39 is 17.6 Å². The van der Waals surface area contributed by atoms with Crippen molar-refractivity contribution < 1.29 is 28.2 Å². The van der Waals surface area contributed by atoms with Crippen molar-refractivity contribution in [2.45, 2.75) is 13.3 Å². The Hall–Kier alpha value is -3.27. The van der Waals surface area contributed by atoms with E-state index in [2.05, 4.69) is 15.3 Å². The number of halogens is 2. The SMILES string of the molecule is CCOc1cc(-c2cc(NCCc3cc(F)c(F)cc3OC)ncn2)sc1C(=O)O. The summed E-state index contributed by atoms with van der Waals surface area (Å²) in [4.78, 5) is 20.5. The topological polar surface area (TPSA) is 93.6 Å². The van der Waals surface area contributed by atoms with Crippen LogP contribution in [-0.2, 0) is 6.42 Å². The first-order chi connectivity index (χ1) is 14.4. The number of ether oxygens (including phenoxy) is 2. The molecule has 0 saturated heterocycles. The summed E-state index contributed by atoms with van der Waals surface area (Å²) >= 11 is 1.06. The molecule has 7 nitrogen and oxygen atoms in total. The van der Waals surface area contributed by atoms with Gasteiger partial charge in [-0.05, 0) is 25.0 Å². The summed E-state index contributed by atoms with van der Waals surface area (Å²) in [7, 11) is 1.39. The molecule has 0 spiro atoms. The number of anilines is 1. The number of carboxylic acids is 1. The van der Waals surface area contributed by atoms with E-state index in [1.165, 1.54) is 13.4 Å². The Bertz CT molecular complexity index is 1060. The minimum Gasteiger partial charge on any atom is -0.496 e. The second-order valence-corrected chi connectivity index (χ2v) is 7.14. The van der Waals surface area contributed by atoms with Gasteiger partial charge in [0.1, 0.15) is 23.6 Å². The Kier molecular flexibility index (Phi) is 6.78. The lowest BCUT2D eigenvalue weighted by Gasteiger charge is -2.10. The third-order valence-corrected chi connectivity index (χ3v) is 5.26. The lowest BCUT2D eigenvalue weighted by molar-refractivity contribution is 0.0698. The molecule has 2 aromatic heterocycles. The smallest absolute Gasteiger partial charge is 0.349 e. The molecule has 2 heterocycles. The number of aromatic carboxylic acids is 1. The van der Waals surface area contributed by atoms with Gasteiger partial charge in [-0.15, -0.1) is 11.3 Å². The first kappa shape index (κ1) is 21.4. The predicted molar refractivity (Wildman–Crippen MR) is 109 cm³/mol. The second kappa shape index (κ2) is 9.49. The summed E-state index contributed by atoms with van der Waals surface area (Å²) in [6, 6.07) is 5.43. The minimum absolute atomic E-state index is 0.102. The van der Waals surface area contributed by atoms with Crippen LogP contribution < -0.4 is 14.8 Å². The minimum atomic E-state index is -1.07. The molecular weight excluding hydrogens is 416 g/mol. The summed E-state index contributed by atoms with van der Waals surface area (Å²) in [5.74, 6) is -1.91. The van der Waals surface area contributed by atoms with Crippen molar-refractivity contribution in [1.82, 2.24) is 9.97 Å². The van der Waals surface area contributed by atoms with Crippen LogP contribution in [0.4, 0.5) is 14.6 Å². The van der Waals surface area contributed by atoms with Gasteiger partial charge in [0, 0.05) is 24.7 Å². The predicted octanol–water partition coefficient (Wildman–Crippen LogP) is 4.24. The maximum absolute atomic E-state index is 13.5. The van der Waals surface area contributed by atoms with Gasteiger partial charge in [0.25, 0.3) is 0 Å². The van der Waals surface area contributed by atoms with Crippen molar-refractivity contribution in [2.75, 3.05) is 25.6 Å². The van der Waals surface area contributed by atoms with Gasteiger partial charge in [0.2, 0.25) is 0 Å². The highest BCUT2D eigenvalue weighted by Gasteiger charge is 2.18. The first-order valence-electron chi connectivity index (χ1n) is 9.01. The van der Waals surface area contributed by atoms with Crippen LogP contribution >= 0.6 is 11.3 Å². The van der Waals surface area contributed by atoms with Crippen molar-refractivity contribution in [1.29, 1.82) is 0 Å². The van der Waals surface area contributed by atoms with E-state index in [0.29, 0.717) is 47.3 Å². The van der Waals surface area contributed by atoms with Crippen molar-refractivity contribution >= 4 is 23.1 Å². The van der Waals surface area contributed by atoms with Crippen molar-refractivity contribution in [2.24, 2.45) is 0 Å². The summed E-state index contributed by atoms with van der Waals surface area (Å²) in [5.41, 5.74) is 1.06. The van der Waals surface area contributed by atoms with Crippen molar-refractivity contribution in [3.05, 3.63) is 52.7 Å². The number of nitrogens with one attached hydrogen (secondary N) is 1. The number of benzene rings is 1. The van der Waals surface area contributed by atoms with E-state index in [1.54, 1.807) is 19.1 Å². The number of hydrogen-bond donors (Lipinski definition) is 2. The number of aromatic nitrogens is 2. The van der Waals surface area contributed by atoms with E-state index in [-0.39, 0.29) is 10.6 Å². The third kappa shape index (κ3) is 4.82. The largest absolute Gasteiger partial charge is 0.496 e. The van der Waals surface area contributed by atoms with Crippen molar-refractivity contribution in [3.8, 4) is 22.1 Å². The molecule has 0 aliphatic heterocycles. The van der Waals surface area contributed by atoms with Crippen LogP contribution in [0, 0.1) is 11.6 Å². The molecule has 30 heavy (non-hydrogen) atoms. The Labute approximate surface area is 175 Å². The molecule has 0 aliphatic carbocycles. The Morgan fingerprint density at radius 3 is 2.63 bits per heavy atom. The molecule has 0 aliphatic rings. The Morgan fingerprint density at radius 2 is 1.93 bits per heavy atom. The zero-order valence-electron chi connectivity index (χ0n) is 16.2. The number of hydrogen-bond acceptors (Lipinski definition) is 7.